The lowest BCUT2D eigenvalue weighted by atomic mass is 9.99. The van der Waals surface area contributed by atoms with E-state index in [2.05, 4.69) is 54.6 Å². The first kappa shape index (κ1) is 21.5. The van der Waals surface area contributed by atoms with Crippen molar-refractivity contribution in [1.29, 1.82) is 0 Å². The molecule has 28 heavy (non-hydrogen) atoms. The summed E-state index contributed by atoms with van der Waals surface area (Å²) >= 11 is 0. The lowest BCUT2D eigenvalue weighted by molar-refractivity contribution is 0.665. The first-order valence-electron chi connectivity index (χ1n) is 9.70. The van der Waals surface area contributed by atoms with Crippen molar-refractivity contribution in [2.45, 2.75) is 59.3 Å². The molecule has 0 aliphatic heterocycles. The van der Waals surface area contributed by atoms with Gasteiger partial charge in [-0.05, 0) is 44.2 Å². The van der Waals surface area contributed by atoms with Crippen LogP contribution in [0.4, 0.5) is 0 Å². The third-order valence-electron chi connectivity index (χ3n) is 4.56. The van der Waals surface area contributed by atoms with Gasteiger partial charge in [0, 0.05) is 48.3 Å². The molecule has 148 valence electrons. The van der Waals surface area contributed by atoms with Crippen molar-refractivity contribution >= 4 is 12.4 Å². The average Bonchev–Trinajstić information content (AvgIpc) is 2.68. The van der Waals surface area contributed by atoms with E-state index in [9.17, 15) is 0 Å². The Hall–Kier alpha value is -2.76. The topological polar surface area (TPSA) is 76.3 Å². The highest BCUT2D eigenvalue weighted by Gasteiger charge is 2.14. The van der Waals surface area contributed by atoms with Gasteiger partial charge in [-0.15, -0.1) is 0 Å². The second-order valence-electron chi connectivity index (χ2n) is 7.49. The summed E-state index contributed by atoms with van der Waals surface area (Å²) < 4.78 is 0. The summed E-state index contributed by atoms with van der Waals surface area (Å²) in [4.78, 5) is 17.8. The summed E-state index contributed by atoms with van der Waals surface area (Å²) in [5.74, 6) is 1.61. The van der Waals surface area contributed by atoms with Crippen LogP contribution < -0.4 is 0 Å². The Bertz CT molecular complexity index is 826. The summed E-state index contributed by atoms with van der Waals surface area (Å²) in [6.45, 7) is 14.1. The highest BCUT2D eigenvalue weighted by Crippen LogP contribution is 2.21. The Balaban J connectivity index is 2.08. The van der Waals surface area contributed by atoms with Crippen molar-refractivity contribution in [2.24, 2.45) is 15.9 Å². The van der Waals surface area contributed by atoms with E-state index in [1.165, 1.54) is 0 Å². The third-order valence-corrected chi connectivity index (χ3v) is 4.56. The lowest BCUT2D eigenvalue weighted by Crippen LogP contribution is -2.09. The summed E-state index contributed by atoms with van der Waals surface area (Å²) in [5.41, 5.74) is 3.99. The maximum Gasteiger partial charge on any atom is 0.129 e. The number of aromatic nitrogens is 4. The number of allylic oxidation sites excluding steroid dienone is 1. The third kappa shape index (κ3) is 6.44. The Kier molecular flexibility index (Phi) is 8.11. The molecule has 6 nitrogen and oxygen atoms in total. The van der Waals surface area contributed by atoms with Gasteiger partial charge < -0.3 is 0 Å². The molecular formula is C22H30N6. The molecule has 0 amide bonds. The summed E-state index contributed by atoms with van der Waals surface area (Å²) in [7, 11) is 0. The van der Waals surface area contributed by atoms with E-state index in [1.54, 1.807) is 12.4 Å². The van der Waals surface area contributed by atoms with Crippen LogP contribution in [0.25, 0.3) is 0 Å². The fourth-order valence-corrected chi connectivity index (χ4v) is 2.96. The number of aliphatic imine (C=N–C) groups is 2. The van der Waals surface area contributed by atoms with Gasteiger partial charge in [-0.2, -0.15) is 10.2 Å². The Labute approximate surface area is 168 Å². The normalized spacial score (nSPS) is 14.8. The smallest absolute Gasteiger partial charge is 0.129 e. The lowest BCUT2D eigenvalue weighted by Gasteiger charge is -2.14. The highest BCUT2D eigenvalue weighted by molar-refractivity contribution is 5.83. The summed E-state index contributed by atoms with van der Waals surface area (Å²) in [6.07, 6.45) is 6.82. The van der Waals surface area contributed by atoms with E-state index >= 15 is 0 Å². The van der Waals surface area contributed by atoms with Crippen LogP contribution in [-0.2, 0) is 6.42 Å². The monoisotopic (exact) mass is 378 g/mol. The molecule has 0 spiro atoms. The number of hydrogen-bond acceptors (Lipinski definition) is 6. The van der Waals surface area contributed by atoms with Crippen molar-refractivity contribution in [3.05, 3.63) is 59.7 Å². The molecule has 0 aromatic carbocycles. The van der Waals surface area contributed by atoms with Crippen LogP contribution in [0, 0.1) is 5.92 Å². The summed E-state index contributed by atoms with van der Waals surface area (Å²) in [6, 6.07) is 5.88. The van der Waals surface area contributed by atoms with Gasteiger partial charge in [-0.3, -0.25) is 9.98 Å². The van der Waals surface area contributed by atoms with Gasteiger partial charge in [0.1, 0.15) is 5.82 Å². The molecule has 2 atom stereocenters. The largest absolute Gasteiger partial charge is 0.271 e. The van der Waals surface area contributed by atoms with Gasteiger partial charge in [-0.1, -0.05) is 27.7 Å². The molecule has 0 bridgehead atoms. The SMILES string of the molecule is C=N/C=C(\N=C(C)CC(C)c1ccnc(CC(C)c2cccnn2)n1)C(C)C. The van der Waals surface area contributed by atoms with Crippen LogP contribution in [0.1, 0.15) is 70.1 Å². The average molecular weight is 379 g/mol. The maximum absolute atomic E-state index is 4.78. The minimum Gasteiger partial charge on any atom is -0.271 e. The molecule has 0 N–H and O–H groups in total. The van der Waals surface area contributed by atoms with Crippen molar-refractivity contribution in [3.63, 3.8) is 0 Å². The van der Waals surface area contributed by atoms with Gasteiger partial charge in [-0.25, -0.2) is 9.97 Å². The predicted molar refractivity (Wildman–Crippen MR) is 115 cm³/mol. The molecular weight excluding hydrogens is 348 g/mol. The molecule has 0 fully saturated rings. The van der Waals surface area contributed by atoms with Gasteiger partial charge in [0.05, 0.1) is 11.4 Å². The van der Waals surface area contributed by atoms with Gasteiger partial charge in [0.15, 0.2) is 0 Å². The standard InChI is InChI=1S/C22H30N6/c1-15(2)21(14-23-6)26-18(5)12-16(3)19-9-11-24-22(27-19)13-17(4)20-8-7-10-25-28-20/h7-11,14-17H,6,12-13H2,1-5H3/b21-14-,26-18?. The fourth-order valence-electron chi connectivity index (χ4n) is 2.96. The molecule has 0 saturated heterocycles. The fraction of sp³-hybridized carbons (Fsp3) is 0.455. The summed E-state index contributed by atoms with van der Waals surface area (Å²) in [5, 5.41) is 8.15. The Morgan fingerprint density at radius 2 is 1.89 bits per heavy atom. The molecule has 2 heterocycles. The minimum absolute atomic E-state index is 0.215. The van der Waals surface area contributed by atoms with Crippen LogP contribution >= 0.6 is 0 Å². The first-order chi connectivity index (χ1) is 13.4. The predicted octanol–water partition coefficient (Wildman–Crippen LogP) is 4.77. The van der Waals surface area contributed by atoms with E-state index in [4.69, 9.17) is 9.98 Å². The van der Waals surface area contributed by atoms with E-state index < -0.39 is 0 Å². The van der Waals surface area contributed by atoms with E-state index in [-0.39, 0.29) is 11.8 Å². The van der Waals surface area contributed by atoms with Crippen molar-refractivity contribution in [2.75, 3.05) is 0 Å². The number of nitrogens with zero attached hydrogens (tertiary/aromatic N) is 6. The molecule has 2 rings (SSSR count). The zero-order valence-corrected chi connectivity index (χ0v) is 17.5. The van der Waals surface area contributed by atoms with Crippen LogP contribution in [0.2, 0.25) is 0 Å². The Morgan fingerprint density at radius 1 is 1.11 bits per heavy atom. The van der Waals surface area contributed by atoms with E-state index in [1.807, 2.05) is 31.3 Å². The minimum atomic E-state index is 0.215. The molecule has 2 aromatic heterocycles. The quantitative estimate of drug-likeness (QED) is 0.589. The number of rotatable bonds is 9. The Morgan fingerprint density at radius 3 is 2.54 bits per heavy atom. The molecule has 0 radical (unpaired) electrons. The van der Waals surface area contributed by atoms with E-state index in [0.717, 1.165) is 41.5 Å². The zero-order valence-electron chi connectivity index (χ0n) is 17.5. The first-order valence-corrected chi connectivity index (χ1v) is 9.70. The van der Waals surface area contributed by atoms with Crippen LogP contribution in [0.5, 0.6) is 0 Å². The molecule has 0 saturated carbocycles. The van der Waals surface area contributed by atoms with Gasteiger partial charge >= 0.3 is 0 Å². The molecule has 0 aliphatic rings. The molecule has 2 unspecified atom stereocenters. The molecule has 2 aromatic rings. The highest BCUT2D eigenvalue weighted by atomic mass is 15.1. The molecule has 0 aliphatic carbocycles. The van der Waals surface area contributed by atoms with Crippen molar-refractivity contribution < 1.29 is 0 Å². The van der Waals surface area contributed by atoms with Crippen LogP contribution in [-0.4, -0.2) is 32.6 Å². The van der Waals surface area contributed by atoms with Crippen molar-refractivity contribution in [3.8, 4) is 0 Å². The van der Waals surface area contributed by atoms with Crippen molar-refractivity contribution in [1.82, 2.24) is 20.2 Å². The van der Waals surface area contributed by atoms with Gasteiger partial charge in [0.25, 0.3) is 0 Å². The van der Waals surface area contributed by atoms with E-state index in [0.29, 0.717) is 5.92 Å². The zero-order chi connectivity index (χ0) is 20.5. The second-order valence-corrected chi connectivity index (χ2v) is 7.49. The number of hydrogen-bond donors (Lipinski definition) is 0. The van der Waals surface area contributed by atoms with Gasteiger partial charge in [0.2, 0.25) is 0 Å². The van der Waals surface area contributed by atoms with Crippen LogP contribution in [0.3, 0.4) is 0 Å². The molecule has 6 heteroatoms. The second kappa shape index (κ2) is 10.5. The van der Waals surface area contributed by atoms with Crippen LogP contribution in [0.15, 0.2) is 52.5 Å². The maximum atomic E-state index is 4.78.